The van der Waals surface area contributed by atoms with Gasteiger partial charge in [-0.3, -0.25) is 10.1 Å². The van der Waals surface area contributed by atoms with Gasteiger partial charge in [0.2, 0.25) is 0 Å². The molecule has 0 bridgehead atoms. The highest BCUT2D eigenvalue weighted by Gasteiger charge is 2.35. The van der Waals surface area contributed by atoms with Gasteiger partial charge in [-0.1, -0.05) is 0 Å². The highest BCUT2D eigenvalue weighted by atomic mass is 19.3. The third-order valence-electron chi connectivity index (χ3n) is 3.25. The minimum Gasteiger partial charge on any atom is -0.478 e. The lowest BCUT2D eigenvalue weighted by atomic mass is 10.0. The second-order valence-corrected chi connectivity index (χ2v) is 4.61. The zero-order valence-electron chi connectivity index (χ0n) is 10.4. The Bertz CT molecular complexity index is 552. The zero-order chi connectivity index (χ0) is 14.9. The molecule has 0 amide bonds. The molecule has 1 aliphatic rings. The number of anilines is 1. The van der Waals surface area contributed by atoms with Crippen LogP contribution < -0.4 is 4.90 Å². The normalized spacial score (nSPS) is 17.8. The fourth-order valence-corrected chi connectivity index (χ4v) is 2.14. The summed E-state index contributed by atoms with van der Waals surface area (Å²) in [6, 6.07) is 3.37. The molecule has 20 heavy (non-hydrogen) atoms. The molecular weight excluding hydrogens is 274 g/mol. The number of nitro benzene ring substituents is 1. The number of alkyl halides is 2. The molecule has 0 aliphatic carbocycles. The van der Waals surface area contributed by atoms with E-state index in [0.29, 0.717) is 0 Å². The summed E-state index contributed by atoms with van der Waals surface area (Å²) in [7, 11) is 0. The smallest absolute Gasteiger partial charge is 0.335 e. The van der Waals surface area contributed by atoms with Crippen molar-refractivity contribution in [2.24, 2.45) is 0 Å². The first kappa shape index (κ1) is 14.2. The van der Waals surface area contributed by atoms with Crippen LogP contribution in [0.15, 0.2) is 18.2 Å². The van der Waals surface area contributed by atoms with Gasteiger partial charge in [0.05, 0.1) is 10.5 Å². The fraction of sp³-hybridized carbons (Fsp3) is 0.417. The van der Waals surface area contributed by atoms with Gasteiger partial charge in [0, 0.05) is 32.0 Å². The first-order valence-corrected chi connectivity index (χ1v) is 5.95. The van der Waals surface area contributed by atoms with Crippen LogP contribution in [0.4, 0.5) is 20.2 Å². The van der Waals surface area contributed by atoms with Crippen LogP contribution >= 0.6 is 0 Å². The molecule has 0 unspecified atom stereocenters. The Morgan fingerprint density at radius 3 is 2.45 bits per heavy atom. The van der Waals surface area contributed by atoms with Crippen LogP contribution in [0.5, 0.6) is 0 Å². The number of benzene rings is 1. The highest BCUT2D eigenvalue weighted by molar-refractivity contribution is 5.90. The first-order valence-electron chi connectivity index (χ1n) is 5.95. The van der Waals surface area contributed by atoms with Gasteiger partial charge in [-0.15, -0.1) is 0 Å². The molecule has 0 radical (unpaired) electrons. The van der Waals surface area contributed by atoms with E-state index in [9.17, 15) is 23.7 Å². The molecule has 8 heteroatoms. The molecule has 1 aromatic rings. The number of hydrogen-bond acceptors (Lipinski definition) is 4. The van der Waals surface area contributed by atoms with Crippen LogP contribution in [-0.4, -0.2) is 35.0 Å². The summed E-state index contributed by atoms with van der Waals surface area (Å²) in [5, 5.41) is 19.9. The van der Waals surface area contributed by atoms with Crippen LogP contribution in [0.3, 0.4) is 0 Å². The van der Waals surface area contributed by atoms with Crippen LogP contribution in [0, 0.1) is 10.1 Å². The van der Waals surface area contributed by atoms with E-state index < -0.39 is 29.7 Å². The van der Waals surface area contributed by atoms with Gasteiger partial charge in [0.25, 0.3) is 11.6 Å². The van der Waals surface area contributed by atoms with E-state index in [1.807, 2.05) is 0 Å². The number of piperidine rings is 1. The quantitative estimate of drug-likeness (QED) is 0.681. The molecule has 1 aliphatic heterocycles. The Balaban J connectivity index is 2.36. The van der Waals surface area contributed by atoms with Gasteiger partial charge < -0.3 is 10.0 Å². The zero-order valence-corrected chi connectivity index (χ0v) is 10.4. The molecule has 1 heterocycles. The van der Waals surface area contributed by atoms with Crippen molar-refractivity contribution in [3.05, 3.63) is 33.9 Å². The lowest BCUT2D eigenvalue weighted by Crippen LogP contribution is -2.39. The van der Waals surface area contributed by atoms with E-state index in [1.165, 1.54) is 4.90 Å². The number of rotatable bonds is 3. The second kappa shape index (κ2) is 5.03. The van der Waals surface area contributed by atoms with Crippen molar-refractivity contribution in [2.75, 3.05) is 18.0 Å². The van der Waals surface area contributed by atoms with E-state index in [4.69, 9.17) is 5.11 Å². The van der Waals surface area contributed by atoms with Crippen molar-refractivity contribution in [1.82, 2.24) is 0 Å². The molecule has 0 saturated carbocycles. The topological polar surface area (TPSA) is 83.7 Å². The molecule has 1 N–H and O–H groups in total. The number of halogens is 2. The predicted octanol–water partition coefficient (Wildman–Crippen LogP) is 2.53. The van der Waals surface area contributed by atoms with Crippen molar-refractivity contribution < 1.29 is 23.6 Å². The number of carboxylic acid groups (broad SMARTS) is 1. The van der Waals surface area contributed by atoms with Crippen LogP contribution in [0.2, 0.25) is 0 Å². The number of aromatic carboxylic acids is 1. The molecule has 1 saturated heterocycles. The van der Waals surface area contributed by atoms with Crippen molar-refractivity contribution in [3.8, 4) is 0 Å². The minimum absolute atomic E-state index is 0.0447. The van der Waals surface area contributed by atoms with Crippen LogP contribution in [0.1, 0.15) is 23.2 Å². The molecule has 6 nitrogen and oxygen atoms in total. The number of hydrogen-bond donors (Lipinski definition) is 1. The van der Waals surface area contributed by atoms with Crippen molar-refractivity contribution in [3.63, 3.8) is 0 Å². The van der Waals surface area contributed by atoms with E-state index in [0.717, 1.165) is 18.2 Å². The number of nitrogens with zero attached hydrogens (tertiary/aromatic N) is 2. The first-order chi connectivity index (χ1) is 9.30. The summed E-state index contributed by atoms with van der Waals surface area (Å²) < 4.78 is 26.2. The fourth-order valence-electron chi connectivity index (χ4n) is 2.14. The predicted molar refractivity (Wildman–Crippen MR) is 66.4 cm³/mol. The highest BCUT2D eigenvalue weighted by Crippen LogP contribution is 2.35. The monoisotopic (exact) mass is 286 g/mol. The lowest BCUT2D eigenvalue weighted by Gasteiger charge is -2.33. The summed E-state index contributed by atoms with van der Waals surface area (Å²) in [5.41, 5.74) is -0.312. The average molecular weight is 286 g/mol. The summed E-state index contributed by atoms with van der Waals surface area (Å²) in [5.74, 6) is -3.99. The molecule has 0 atom stereocenters. The van der Waals surface area contributed by atoms with Crippen LogP contribution in [0.25, 0.3) is 0 Å². The SMILES string of the molecule is O=C(O)c1ccc([N+](=O)[O-])c(N2CCC(F)(F)CC2)c1. The maximum absolute atomic E-state index is 13.1. The number of nitro groups is 1. The van der Waals surface area contributed by atoms with Gasteiger partial charge in [-0.25, -0.2) is 13.6 Å². The van der Waals surface area contributed by atoms with E-state index in [-0.39, 0.29) is 30.0 Å². The Kier molecular flexibility index (Phi) is 3.56. The Morgan fingerprint density at radius 1 is 1.35 bits per heavy atom. The van der Waals surface area contributed by atoms with Crippen LogP contribution in [-0.2, 0) is 0 Å². The van der Waals surface area contributed by atoms with Gasteiger partial charge in [-0.2, -0.15) is 0 Å². The minimum atomic E-state index is -2.77. The van der Waals surface area contributed by atoms with Gasteiger partial charge in [0.1, 0.15) is 5.69 Å². The molecule has 2 rings (SSSR count). The van der Waals surface area contributed by atoms with Gasteiger partial charge in [-0.05, 0) is 12.1 Å². The summed E-state index contributed by atoms with van der Waals surface area (Å²) in [4.78, 5) is 22.7. The van der Waals surface area contributed by atoms with Gasteiger partial charge >= 0.3 is 5.97 Å². The van der Waals surface area contributed by atoms with Gasteiger partial charge in [0.15, 0.2) is 0 Å². The van der Waals surface area contributed by atoms with Crippen molar-refractivity contribution in [1.29, 1.82) is 0 Å². The molecule has 108 valence electrons. The Labute approximate surface area is 112 Å². The molecule has 0 aromatic heterocycles. The number of carboxylic acids is 1. The molecule has 0 spiro atoms. The largest absolute Gasteiger partial charge is 0.478 e. The third-order valence-corrected chi connectivity index (χ3v) is 3.25. The average Bonchev–Trinajstić information content (AvgIpc) is 2.37. The third kappa shape index (κ3) is 2.84. The molecule has 1 fully saturated rings. The van der Waals surface area contributed by atoms with E-state index >= 15 is 0 Å². The van der Waals surface area contributed by atoms with Crippen molar-refractivity contribution in [2.45, 2.75) is 18.8 Å². The maximum atomic E-state index is 13.1. The Hall–Kier alpha value is -2.25. The Morgan fingerprint density at radius 2 is 1.95 bits per heavy atom. The lowest BCUT2D eigenvalue weighted by molar-refractivity contribution is -0.384. The summed E-state index contributed by atoms with van der Waals surface area (Å²) in [6.45, 7) is -0.0895. The molecule has 1 aromatic carbocycles. The number of carbonyl (C=O) groups is 1. The molecular formula is C12H12F2N2O4. The maximum Gasteiger partial charge on any atom is 0.335 e. The van der Waals surface area contributed by atoms with E-state index in [2.05, 4.69) is 0 Å². The van der Waals surface area contributed by atoms with E-state index in [1.54, 1.807) is 0 Å². The standard InChI is InChI=1S/C12H12F2N2O4/c13-12(14)3-5-15(6-4-12)10-7-8(11(17)18)1-2-9(10)16(19)20/h1-2,7H,3-6H2,(H,17,18). The van der Waals surface area contributed by atoms with Crippen molar-refractivity contribution >= 4 is 17.3 Å². The second-order valence-electron chi connectivity index (χ2n) is 4.61. The summed E-state index contributed by atoms with van der Waals surface area (Å²) in [6.07, 6.45) is -0.803. The summed E-state index contributed by atoms with van der Waals surface area (Å²) >= 11 is 0.